The van der Waals surface area contributed by atoms with Gasteiger partial charge in [0.2, 0.25) is 17.7 Å². The molecule has 0 saturated carbocycles. The zero-order valence-corrected chi connectivity index (χ0v) is 25.6. The summed E-state index contributed by atoms with van der Waals surface area (Å²) in [6.07, 6.45) is 10.1. The number of para-hydroxylation sites is 1. The molecule has 224 valence electrons. The summed E-state index contributed by atoms with van der Waals surface area (Å²) in [6.45, 7) is 14.1. The van der Waals surface area contributed by atoms with Crippen LogP contribution >= 0.6 is 11.8 Å². The molecule has 3 heterocycles. The van der Waals surface area contributed by atoms with E-state index in [0.717, 1.165) is 57.1 Å². The average Bonchev–Trinajstić information content (AvgIpc) is 3.54. The summed E-state index contributed by atoms with van der Waals surface area (Å²) in [7, 11) is 0. The summed E-state index contributed by atoms with van der Waals surface area (Å²) in [4.78, 5) is 48.8. The minimum Gasteiger partial charge on any atom is -0.396 e. The Kier molecular flexibility index (Phi) is 10.4. The number of aliphatic hydroxyl groups is 1. The highest BCUT2D eigenvalue weighted by atomic mass is 32.2. The lowest BCUT2D eigenvalue weighted by atomic mass is 9.66. The Bertz CT molecular complexity index is 1110. The van der Waals surface area contributed by atoms with E-state index in [1.54, 1.807) is 28.8 Å². The summed E-state index contributed by atoms with van der Waals surface area (Å²) >= 11 is 1.73. The van der Waals surface area contributed by atoms with E-state index in [0.29, 0.717) is 26.2 Å². The van der Waals surface area contributed by atoms with Gasteiger partial charge in [0, 0.05) is 43.2 Å². The Labute approximate surface area is 250 Å². The highest BCUT2D eigenvalue weighted by molar-refractivity contribution is 8.02. The molecule has 4 rings (SSSR count). The lowest BCUT2D eigenvalue weighted by Crippen LogP contribution is -2.55. The molecule has 2 bridgehead atoms. The Morgan fingerprint density at radius 2 is 1.76 bits per heavy atom. The molecule has 3 amide bonds. The summed E-state index contributed by atoms with van der Waals surface area (Å²) in [5, 5.41) is 9.20. The number of amides is 3. The van der Waals surface area contributed by atoms with E-state index >= 15 is 0 Å². The fraction of sp³-hybridized carbons (Fsp3) is 0.606. The summed E-state index contributed by atoms with van der Waals surface area (Å²) in [6, 6.07) is 8.99. The monoisotopic (exact) mass is 581 g/mol. The number of aliphatic hydroxyl groups excluding tert-OH is 1. The van der Waals surface area contributed by atoms with Gasteiger partial charge in [0.25, 0.3) is 0 Å². The summed E-state index contributed by atoms with van der Waals surface area (Å²) < 4.78 is -1.06. The number of carbonyl (C=O) groups excluding carboxylic acids is 3. The molecule has 2 unspecified atom stereocenters. The van der Waals surface area contributed by atoms with Crippen LogP contribution in [0.3, 0.4) is 0 Å². The van der Waals surface area contributed by atoms with Crippen molar-refractivity contribution in [3.05, 3.63) is 55.6 Å². The average molecular weight is 582 g/mol. The number of carbonyl (C=O) groups is 3. The first kappa shape index (κ1) is 31.4. The largest absolute Gasteiger partial charge is 0.396 e. The number of anilines is 1. The van der Waals surface area contributed by atoms with Crippen LogP contribution in [0.25, 0.3) is 0 Å². The molecule has 1 aromatic rings. The normalized spacial score (nSPS) is 28.0. The zero-order chi connectivity index (χ0) is 29.6. The number of rotatable bonds is 16. The first-order valence-corrected chi connectivity index (χ1v) is 16.1. The number of thioether (sulfide) groups is 1. The van der Waals surface area contributed by atoms with Crippen LogP contribution < -0.4 is 4.90 Å². The third kappa shape index (κ3) is 5.87. The number of fused-ring (bicyclic) bond motifs is 1. The molecule has 5 atom stereocenters. The van der Waals surface area contributed by atoms with E-state index in [9.17, 15) is 19.5 Å². The molecular formula is C33H47N3O4S. The quantitative estimate of drug-likeness (QED) is 0.218. The second-order valence-electron chi connectivity index (χ2n) is 11.9. The van der Waals surface area contributed by atoms with Crippen LogP contribution in [-0.4, -0.2) is 80.9 Å². The maximum Gasteiger partial charge on any atom is 0.247 e. The van der Waals surface area contributed by atoms with Gasteiger partial charge in [-0.3, -0.25) is 14.4 Å². The van der Waals surface area contributed by atoms with Crippen LogP contribution in [0.5, 0.6) is 0 Å². The van der Waals surface area contributed by atoms with Gasteiger partial charge in [-0.05, 0) is 51.2 Å². The highest BCUT2D eigenvalue weighted by Crippen LogP contribution is 2.71. The van der Waals surface area contributed by atoms with Crippen molar-refractivity contribution in [2.45, 2.75) is 80.7 Å². The van der Waals surface area contributed by atoms with Crippen LogP contribution in [0.2, 0.25) is 0 Å². The zero-order valence-electron chi connectivity index (χ0n) is 24.8. The fourth-order valence-corrected chi connectivity index (χ4v) is 9.61. The number of unbranched alkanes of at least 4 members (excludes halogenated alkanes) is 4. The molecule has 0 radical (unpaired) electrons. The molecule has 3 fully saturated rings. The number of benzene rings is 1. The van der Waals surface area contributed by atoms with E-state index in [1.807, 2.05) is 40.1 Å². The Hall–Kier alpha value is -2.58. The first-order chi connectivity index (χ1) is 19.8. The first-order valence-electron chi connectivity index (χ1n) is 15.3. The van der Waals surface area contributed by atoms with E-state index in [4.69, 9.17) is 0 Å². The van der Waals surface area contributed by atoms with Gasteiger partial charge < -0.3 is 19.8 Å². The SMILES string of the molecule is C=CCN(CCCC)C(=O)C1N(CCCCCCO)C(=O)[C@@H]2[C@H](C(=O)N(CC=C)c3ccccc3)[C@]3(C)CCC12S3. The van der Waals surface area contributed by atoms with Crippen LogP contribution in [0.4, 0.5) is 5.69 Å². The summed E-state index contributed by atoms with van der Waals surface area (Å²) in [5.41, 5.74) is 0.790. The molecule has 3 saturated heterocycles. The van der Waals surface area contributed by atoms with Crippen molar-refractivity contribution in [2.75, 3.05) is 37.7 Å². The molecular weight excluding hydrogens is 534 g/mol. The number of hydrogen-bond donors (Lipinski definition) is 1. The Morgan fingerprint density at radius 1 is 1.05 bits per heavy atom. The highest BCUT2D eigenvalue weighted by Gasteiger charge is 2.77. The Morgan fingerprint density at radius 3 is 2.41 bits per heavy atom. The molecule has 0 aliphatic carbocycles. The molecule has 1 aromatic carbocycles. The summed E-state index contributed by atoms with van der Waals surface area (Å²) in [5.74, 6) is -1.19. The van der Waals surface area contributed by atoms with Crippen molar-refractivity contribution in [2.24, 2.45) is 11.8 Å². The van der Waals surface area contributed by atoms with Gasteiger partial charge in [-0.2, -0.15) is 0 Å². The van der Waals surface area contributed by atoms with E-state index in [-0.39, 0.29) is 24.3 Å². The smallest absolute Gasteiger partial charge is 0.247 e. The molecule has 3 aliphatic rings. The molecule has 0 aromatic heterocycles. The van der Waals surface area contributed by atoms with Crippen molar-refractivity contribution >= 4 is 35.2 Å². The van der Waals surface area contributed by atoms with Crippen molar-refractivity contribution in [1.29, 1.82) is 0 Å². The molecule has 1 spiro atoms. The van der Waals surface area contributed by atoms with Gasteiger partial charge in [0.05, 0.1) is 16.6 Å². The second kappa shape index (κ2) is 13.6. The van der Waals surface area contributed by atoms with Gasteiger partial charge >= 0.3 is 0 Å². The third-order valence-electron chi connectivity index (χ3n) is 9.17. The van der Waals surface area contributed by atoms with Crippen LogP contribution in [0.15, 0.2) is 55.6 Å². The molecule has 7 nitrogen and oxygen atoms in total. The topological polar surface area (TPSA) is 81.2 Å². The molecule has 3 aliphatic heterocycles. The molecule has 8 heteroatoms. The number of hydrogen-bond acceptors (Lipinski definition) is 5. The predicted molar refractivity (Wildman–Crippen MR) is 167 cm³/mol. The van der Waals surface area contributed by atoms with Gasteiger partial charge in [-0.15, -0.1) is 24.9 Å². The van der Waals surface area contributed by atoms with E-state index in [1.165, 1.54) is 0 Å². The Balaban J connectivity index is 1.72. The second-order valence-corrected chi connectivity index (χ2v) is 13.8. The maximum atomic E-state index is 14.5. The third-order valence-corrected chi connectivity index (χ3v) is 11.2. The van der Waals surface area contributed by atoms with Gasteiger partial charge in [0.15, 0.2) is 0 Å². The van der Waals surface area contributed by atoms with E-state index < -0.39 is 27.4 Å². The van der Waals surface area contributed by atoms with Gasteiger partial charge in [-0.1, -0.05) is 56.5 Å². The van der Waals surface area contributed by atoms with E-state index in [2.05, 4.69) is 27.0 Å². The minimum absolute atomic E-state index is 0.0135. The maximum absolute atomic E-state index is 14.5. The predicted octanol–water partition coefficient (Wildman–Crippen LogP) is 5.05. The van der Waals surface area contributed by atoms with Crippen molar-refractivity contribution in [1.82, 2.24) is 9.80 Å². The van der Waals surface area contributed by atoms with Crippen molar-refractivity contribution in [3.8, 4) is 0 Å². The van der Waals surface area contributed by atoms with Crippen molar-refractivity contribution < 1.29 is 19.5 Å². The van der Waals surface area contributed by atoms with Crippen molar-refractivity contribution in [3.63, 3.8) is 0 Å². The number of nitrogens with zero attached hydrogens (tertiary/aromatic N) is 3. The van der Waals surface area contributed by atoms with Gasteiger partial charge in [-0.25, -0.2) is 0 Å². The van der Waals surface area contributed by atoms with Crippen LogP contribution in [0, 0.1) is 11.8 Å². The fourth-order valence-electron chi connectivity index (χ4n) is 7.27. The van der Waals surface area contributed by atoms with Crippen LogP contribution in [0.1, 0.15) is 65.2 Å². The standard InChI is InChI=1S/C33H47N3O4S/c1-5-8-22-34(20-6-2)31(40)28-33-19-18-32(4,41-33)26(27(33)30(39)36(28)23-14-9-10-15-24-37)29(38)35(21-7-3)25-16-12-11-13-17-25/h6-7,11-13,16-17,26-28,37H,2-3,5,8-10,14-15,18-24H2,1,4H3/t26-,27+,28?,32+,33?/m1/s1. The minimum atomic E-state index is -0.628. The molecule has 41 heavy (non-hydrogen) atoms. The lowest BCUT2D eigenvalue weighted by Gasteiger charge is -2.38. The molecule has 1 N–H and O–H groups in total. The lowest BCUT2D eigenvalue weighted by molar-refractivity contribution is -0.143. The van der Waals surface area contributed by atoms with Gasteiger partial charge in [0.1, 0.15) is 6.04 Å². The van der Waals surface area contributed by atoms with Crippen LogP contribution in [-0.2, 0) is 14.4 Å². The number of likely N-dealkylation sites (tertiary alicyclic amines) is 1.